The number of hydrogen-bond donors (Lipinski definition) is 2. The van der Waals surface area contributed by atoms with Crippen molar-refractivity contribution < 1.29 is 0 Å². The monoisotopic (exact) mass is 280 g/mol. The second-order valence-electron chi connectivity index (χ2n) is 3.53. The maximum atomic E-state index is 5.86. The number of hydrogen-bond acceptors (Lipinski definition) is 3. The van der Waals surface area contributed by atoms with Gasteiger partial charge < -0.3 is 11.1 Å². The van der Waals surface area contributed by atoms with Crippen LogP contribution in [0, 0.1) is 0 Å². The number of nitrogens with two attached hydrogens (primary N) is 1. The third kappa shape index (κ3) is 2.36. The maximum Gasteiger partial charge on any atom is 0.0588 e. The molecule has 2 rings (SSSR count). The number of nitrogens with zero attached hydrogens (tertiary/aromatic N) is 2. The summed E-state index contributed by atoms with van der Waals surface area (Å²) in [5, 5.41) is 7.39. The van der Waals surface area contributed by atoms with E-state index in [9.17, 15) is 0 Å². The highest BCUT2D eigenvalue weighted by atomic mass is 79.9. The predicted molar refractivity (Wildman–Crippen MR) is 69.1 cm³/mol. The van der Waals surface area contributed by atoms with Crippen molar-refractivity contribution in [3.8, 4) is 0 Å². The minimum Gasteiger partial charge on any atom is -0.397 e. The van der Waals surface area contributed by atoms with Gasteiger partial charge in [0.15, 0.2) is 0 Å². The molecule has 0 radical (unpaired) electrons. The fourth-order valence-electron chi connectivity index (χ4n) is 1.44. The average Bonchev–Trinajstić information content (AvgIpc) is 2.66. The molecule has 0 aliphatic rings. The maximum absolute atomic E-state index is 5.86. The number of aryl methyl sites for hydroxylation is 1. The molecular weight excluding hydrogens is 268 g/mol. The van der Waals surface area contributed by atoms with Crippen LogP contribution >= 0.6 is 15.9 Å². The van der Waals surface area contributed by atoms with E-state index in [4.69, 9.17) is 5.73 Å². The first kappa shape index (κ1) is 11.0. The zero-order valence-corrected chi connectivity index (χ0v) is 10.5. The third-order valence-corrected chi connectivity index (χ3v) is 2.89. The Morgan fingerprint density at radius 3 is 2.94 bits per heavy atom. The summed E-state index contributed by atoms with van der Waals surface area (Å²) in [7, 11) is 1.92. The topological polar surface area (TPSA) is 55.9 Å². The molecule has 2 aromatic rings. The van der Waals surface area contributed by atoms with E-state index >= 15 is 0 Å². The summed E-state index contributed by atoms with van der Waals surface area (Å²) in [5.41, 5.74) is 8.64. The first-order valence-electron chi connectivity index (χ1n) is 4.92. The molecule has 84 valence electrons. The highest BCUT2D eigenvalue weighted by molar-refractivity contribution is 9.10. The van der Waals surface area contributed by atoms with E-state index in [-0.39, 0.29) is 0 Å². The number of nitrogens with one attached hydrogen (secondary N) is 1. The van der Waals surface area contributed by atoms with Crippen LogP contribution in [0.2, 0.25) is 0 Å². The molecule has 0 bridgehead atoms. The largest absolute Gasteiger partial charge is 0.397 e. The second-order valence-corrected chi connectivity index (χ2v) is 4.45. The Kier molecular flexibility index (Phi) is 3.14. The minimum atomic E-state index is 0.706. The SMILES string of the molecule is Cn1nccc1CNc1cc(Br)ccc1N. The molecule has 0 saturated heterocycles. The second kappa shape index (κ2) is 4.57. The van der Waals surface area contributed by atoms with Crippen LogP contribution in [0.3, 0.4) is 0 Å². The molecule has 3 N–H and O–H groups in total. The molecule has 16 heavy (non-hydrogen) atoms. The lowest BCUT2D eigenvalue weighted by molar-refractivity contribution is 0.720. The van der Waals surface area contributed by atoms with E-state index in [0.29, 0.717) is 6.54 Å². The van der Waals surface area contributed by atoms with E-state index in [1.165, 1.54) is 0 Å². The molecule has 0 spiro atoms. The summed E-state index contributed by atoms with van der Waals surface area (Å²) in [6, 6.07) is 7.73. The molecule has 1 aromatic heterocycles. The van der Waals surface area contributed by atoms with Gasteiger partial charge in [-0.15, -0.1) is 0 Å². The fraction of sp³-hybridized carbons (Fsp3) is 0.182. The Hall–Kier alpha value is -1.49. The van der Waals surface area contributed by atoms with Gasteiger partial charge in [0, 0.05) is 17.7 Å². The van der Waals surface area contributed by atoms with E-state index in [1.807, 2.05) is 36.0 Å². The Morgan fingerprint density at radius 2 is 2.25 bits per heavy atom. The molecule has 0 atom stereocenters. The molecule has 4 nitrogen and oxygen atoms in total. The van der Waals surface area contributed by atoms with Crippen molar-refractivity contribution in [1.29, 1.82) is 0 Å². The van der Waals surface area contributed by atoms with Gasteiger partial charge in [0.2, 0.25) is 0 Å². The van der Waals surface area contributed by atoms with Gasteiger partial charge in [-0.1, -0.05) is 15.9 Å². The lowest BCUT2D eigenvalue weighted by Crippen LogP contribution is -2.06. The number of anilines is 2. The van der Waals surface area contributed by atoms with E-state index in [1.54, 1.807) is 6.20 Å². The van der Waals surface area contributed by atoms with Gasteiger partial charge in [-0.2, -0.15) is 5.10 Å². The van der Waals surface area contributed by atoms with Crippen molar-refractivity contribution in [2.45, 2.75) is 6.54 Å². The van der Waals surface area contributed by atoms with Gasteiger partial charge in [0.1, 0.15) is 0 Å². The molecule has 0 unspecified atom stereocenters. The van der Waals surface area contributed by atoms with Crippen molar-refractivity contribution in [3.05, 3.63) is 40.6 Å². The number of rotatable bonds is 3. The Bertz CT molecular complexity index is 492. The number of nitrogen functional groups attached to an aromatic ring is 1. The quantitative estimate of drug-likeness (QED) is 0.849. The first-order chi connectivity index (χ1) is 7.66. The van der Waals surface area contributed by atoms with Crippen LogP contribution < -0.4 is 11.1 Å². The zero-order valence-electron chi connectivity index (χ0n) is 8.94. The normalized spacial score (nSPS) is 10.4. The molecule has 5 heteroatoms. The standard InChI is InChI=1S/C11H13BrN4/c1-16-9(4-5-15-16)7-14-11-6-8(12)2-3-10(11)13/h2-6,14H,7,13H2,1H3. The van der Waals surface area contributed by atoms with Crippen LogP contribution in [0.1, 0.15) is 5.69 Å². The molecule has 0 aliphatic heterocycles. The Balaban J connectivity index is 2.10. The molecule has 0 saturated carbocycles. The Morgan fingerprint density at radius 1 is 1.44 bits per heavy atom. The van der Waals surface area contributed by atoms with Crippen molar-refractivity contribution in [2.24, 2.45) is 7.05 Å². The summed E-state index contributed by atoms with van der Waals surface area (Å²) >= 11 is 3.42. The highest BCUT2D eigenvalue weighted by Crippen LogP contribution is 2.23. The van der Waals surface area contributed by atoms with Gasteiger partial charge in [-0.05, 0) is 24.3 Å². The number of benzene rings is 1. The van der Waals surface area contributed by atoms with Crippen LogP contribution in [0.25, 0.3) is 0 Å². The summed E-state index contributed by atoms with van der Waals surface area (Å²) in [6.07, 6.45) is 1.78. The summed E-state index contributed by atoms with van der Waals surface area (Å²) < 4.78 is 2.84. The minimum absolute atomic E-state index is 0.706. The molecule has 1 aromatic carbocycles. The van der Waals surface area contributed by atoms with Crippen LogP contribution in [0.4, 0.5) is 11.4 Å². The van der Waals surface area contributed by atoms with E-state index in [0.717, 1.165) is 21.5 Å². The molecule has 1 heterocycles. The highest BCUT2D eigenvalue weighted by Gasteiger charge is 2.01. The molecular formula is C11H13BrN4. The van der Waals surface area contributed by atoms with Gasteiger partial charge in [0.05, 0.1) is 23.6 Å². The summed E-state index contributed by atoms with van der Waals surface area (Å²) in [5.74, 6) is 0. The smallest absolute Gasteiger partial charge is 0.0588 e. The van der Waals surface area contributed by atoms with Gasteiger partial charge in [0.25, 0.3) is 0 Å². The van der Waals surface area contributed by atoms with Crippen LogP contribution in [-0.2, 0) is 13.6 Å². The summed E-state index contributed by atoms with van der Waals surface area (Å²) in [6.45, 7) is 0.706. The van der Waals surface area contributed by atoms with Crippen molar-refractivity contribution in [2.75, 3.05) is 11.1 Å². The van der Waals surface area contributed by atoms with Crippen LogP contribution in [-0.4, -0.2) is 9.78 Å². The average molecular weight is 281 g/mol. The molecule has 0 fully saturated rings. The van der Waals surface area contributed by atoms with Gasteiger partial charge in [-0.3, -0.25) is 4.68 Å². The summed E-state index contributed by atoms with van der Waals surface area (Å²) in [4.78, 5) is 0. The number of aromatic nitrogens is 2. The lowest BCUT2D eigenvalue weighted by atomic mass is 10.2. The first-order valence-corrected chi connectivity index (χ1v) is 5.72. The van der Waals surface area contributed by atoms with E-state index < -0.39 is 0 Å². The lowest BCUT2D eigenvalue weighted by Gasteiger charge is -2.09. The van der Waals surface area contributed by atoms with Gasteiger partial charge >= 0.3 is 0 Å². The van der Waals surface area contributed by atoms with Gasteiger partial charge in [-0.25, -0.2) is 0 Å². The molecule has 0 aliphatic carbocycles. The molecule has 0 amide bonds. The third-order valence-electron chi connectivity index (χ3n) is 2.40. The van der Waals surface area contributed by atoms with E-state index in [2.05, 4.69) is 26.3 Å². The predicted octanol–water partition coefficient (Wildman–Crippen LogP) is 2.38. The van der Waals surface area contributed by atoms with Crippen molar-refractivity contribution in [1.82, 2.24) is 9.78 Å². The zero-order chi connectivity index (χ0) is 11.5. The number of halogens is 1. The van der Waals surface area contributed by atoms with Crippen LogP contribution in [0.5, 0.6) is 0 Å². The van der Waals surface area contributed by atoms with Crippen LogP contribution in [0.15, 0.2) is 34.9 Å². The Labute approximate surface area is 103 Å². The fourth-order valence-corrected chi connectivity index (χ4v) is 1.80. The van der Waals surface area contributed by atoms with Crippen molar-refractivity contribution >= 4 is 27.3 Å². The van der Waals surface area contributed by atoms with Crippen molar-refractivity contribution in [3.63, 3.8) is 0 Å².